The molecule has 1 aromatic rings. The lowest BCUT2D eigenvalue weighted by atomic mass is 9.94. The van der Waals surface area contributed by atoms with Crippen molar-refractivity contribution < 1.29 is 13.2 Å². The zero-order valence-electron chi connectivity index (χ0n) is 12.7. The molecule has 0 spiro atoms. The number of nitrogens with zero attached hydrogens (tertiary/aromatic N) is 1. The maximum Gasteiger partial charge on any atom is 0.236 e. The van der Waals surface area contributed by atoms with Crippen LogP contribution in [0.15, 0.2) is 29.7 Å². The fraction of sp³-hybridized carbons (Fsp3) is 0.438. The smallest absolute Gasteiger partial charge is 0.236 e. The molecule has 1 fully saturated rings. The number of carbonyl (C=O) groups is 1. The van der Waals surface area contributed by atoms with Crippen LogP contribution in [-0.2, 0) is 14.8 Å². The molecular formula is C16H22N2O3S. The summed E-state index contributed by atoms with van der Waals surface area (Å²) >= 11 is 0. The molecule has 1 aromatic carbocycles. The van der Waals surface area contributed by atoms with Crippen LogP contribution in [0.3, 0.4) is 0 Å². The van der Waals surface area contributed by atoms with Crippen molar-refractivity contribution in [1.29, 1.82) is 0 Å². The first-order valence-electron chi connectivity index (χ1n) is 7.40. The molecule has 0 saturated carbocycles. The minimum Gasteiger partial charge on any atom is -0.370 e. The highest BCUT2D eigenvalue weighted by atomic mass is 32.2. The molecule has 0 atom stereocenters. The van der Waals surface area contributed by atoms with E-state index in [-0.39, 0.29) is 11.8 Å². The van der Waals surface area contributed by atoms with Crippen molar-refractivity contribution in [3.05, 3.63) is 40.8 Å². The predicted octanol–water partition coefficient (Wildman–Crippen LogP) is 1.88. The van der Waals surface area contributed by atoms with Gasteiger partial charge >= 0.3 is 0 Å². The lowest BCUT2D eigenvalue weighted by molar-refractivity contribution is -0.119. The van der Waals surface area contributed by atoms with E-state index >= 15 is 0 Å². The average molecular weight is 322 g/mol. The van der Waals surface area contributed by atoms with Gasteiger partial charge in [0.05, 0.1) is 0 Å². The predicted molar refractivity (Wildman–Crippen MR) is 87.2 cm³/mol. The molecule has 2 rings (SSSR count). The summed E-state index contributed by atoms with van der Waals surface area (Å²) < 4.78 is 26.1. The molecule has 0 bridgehead atoms. The van der Waals surface area contributed by atoms with E-state index in [1.54, 1.807) is 6.08 Å². The van der Waals surface area contributed by atoms with Gasteiger partial charge in [-0.15, -0.1) is 0 Å². The first kappa shape index (κ1) is 16.7. The van der Waals surface area contributed by atoms with Crippen LogP contribution < -0.4 is 5.73 Å². The van der Waals surface area contributed by atoms with E-state index in [0.717, 1.165) is 11.1 Å². The first-order chi connectivity index (χ1) is 10.4. The molecule has 5 nitrogen and oxygen atoms in total. The molecule has 0 radical (unpaired) electrons. The number of hydrogen-bond acceptors (Lipinski definition) is 3. The second-order valence-electron chi connectivity index (χ2n) is 5.77. The Hall–Kier alpha value is -1.66. The summed E-state index contributed by atoms with van der Waals surface area (Å²) in [6.07, 6.45) is 3.32. The third-order valence-electron chi connectivity index (χ3n) is 3.93. The normalized spacial score (nSPS) is 17.9. The minimum atomic E-state index is -3.41. The van der Waals surface area contributed by atoms with Crippen LogP contribution in [-0.4, -0.2) is 31.7 Å². The molecule has 6 heteroatoms. The molecule has 1 aliphatic rings. The Labute approximate surface area is 131 Å². The molecule has 1 heterocycles. The van der Waals surface area contributed by atoms with Gasteiger partial charge in [-0.25, -0.2) is 8.42 Å². The van der Waals surface area contributed by atoms with E-state index in [2.05, 4.69) is 0 Å². The molecule has 1 saturated heterocycles. The number of nitrogens with two attached hydrogens (primary N) is 1. The summed E-state index contributed by atoms with van der Waals surface area (Å²) in [6, 6.07) is 7.67. The fourth-order valence-corrected chi connectivity index (χ4v) is 3.80. The number of hydrogen-bond donors (Lipinski definition) is 1. The lowest BCUT2D eigenvalue weighted by Gasteiger charge is -2.29. The number of rotatable bonds is 5. The number of piperidine rings is 1. The van der Waals surface area contributed by atoms with Crippen molar-refractivity contribution in [3.8, 4) is 0 Å². The molecule has 2 N–H and O–H groups in total. The summed E-state index contributed by atoms with van der Waals surface area (Å²) in [4.78, 5) is 10.9. The molecule has 0 unspecified atom stereocenters. The molecule has 1 aliphatic heterocycles. The maximum absolute atomic E-state index is 12.3. The molecule has 22 heavy (non-hydrogen) atoms. The molecular weight excluding hydrogens is 300 g/mol. The number of sulfonamides is 1. The monoisotopic (exact) mass is 322 g/mol. The van der Waals surface area contributed by atoms with Crippen LogP contribution in [0, 0.1) is 12.8 Å². The number of benzene rings is 1. The summed E-state index contributed by atoms with van der Waals surface area (Å²) in [6.45, 7) is 2.87. The van der Waals surface area contributed by atoms with Gasteiger partial charge in [0.2, 0.25) is 15.9 Å². The highest BCUT2D eigenvalue weighted by Crippen LogP contribution is 2.23. The molecule has 1 amide bonds. The highest BCUT2D eigenvalue weighted by Gasteiger charge is 2.26. The zero-order valence-corrected chi connectivity index (χ0v) is 13.6. The molecule has 0 aliphatic carbocycles. The Morgan fingerprint density at radius 1 is 1.27 bits per heavy atom. The van der Waals surface area contributed by atoms with E-state index in [1.807, 2.05) is 31.2 Å². The maximum atomic E-state index is 12.3. The lowest BCUT2D eigenvalue weighted by Crippen LogP contribution is -2.38. The van der Waals surface area contributed by atoms with Crippen LogP contribution in [0.4, 0.5) is 0 Å². The van der Waals surface area contributed by atoms with Crippen LogP contribution in [0.2, 0.25) is 0 Å². The summed E-state index contributed by atoms with van der Waals surface area (Å²) in [5.41, 5.74) is 7.18. The topological polar surface area (TPSA) is 80.5 Å². The van der Waals surface area contributed by atoms with Crippen LogP contribution in [0.5, 0.6) is 0 Å². The third kappa shape index (κ3) is 4.68. The number of carbonyl (C=O) groups excluding carboxylic acids is 1. The Bertz CT molecular complexity index is 642. The van der Waals surface area contributed by atoms with E-state index < -0.39 is 10.0 Å². The standard InChI is InChI=1S/C16H22N2O3S/c1-13-2-4-14(5-3-13)8-11-22(20,21)18-9-6-15(7-10-18)12-16(17)19/h2-5,8,11,15H,6-7,9-10,12H2,1H3,(H2,17,19). The Balaban J connectivity index is 1.96. The van der Waals surface area contributed by atoms with Gasteiger partial charge in [0.15, 0.2) is 0 Å². The highest BCUT2D eigenvalue weighted by molar-refractivity contribution is 7.92. The van der Waals surface area contributed by atoms with Crippen molar-refractivity contribution in [1.82, 2.24) is 4.31 Å². The SMILES string of the molecule is Cc1ccc(C=CS(=O)(=O)N2CCC(CC(N)=O)CC2)cc1. The molecule has 0 aromatic heterocycles. The van der Waals surface area contributed by atoms with Crippen molar-refractivity contribution in [2.45, 2.75) is 26.2 Å². The van der Waals surface area contributed by atoms with Crippen LogP contribution in [0.1, 0.15) is 30.4 Å². The summed E-state index contributed by atoms with van der Waals surface area (Å²) in [5.74, 6) is -0.120. The largest absolute Gasteiger partial charge is 0.370 e. The second-order valence-corrected chi connectivity index (χ2v) is 7.59. The number of amides is 1. The molecule has 120 valence electrons. The number of primary amides is 1. The van der Waals surface area contributed by atoms with Crippen molar-refractivity contribution in [3.63, 3.8) is 0 Å². The Morgan fingerprint density at radius 3 is 2.41 bits per heavy atom. The van der Waals surface area contributed by atoms with Gasteiger partial charge < -0.3 is 5.73 Å². The van der Waals surface area contributed by atoms with Crippen molar-refractivity contribution in [2.24, 2.45) is 11.7 Å². The Kier molecular flexibility index (Phi) is 5.37. The van der Waals surface area contributed by atoms with Gasteiger partial charge in [-0.3, -0.25) is 4.79 Å². The van der Waals surface area contributed by atoms with Gasteiger partial charge in [-0.1, -0.05) is 29.8 Å². The van der Waals surface area contributed by atoms with Crippen LogP contribution >= 0.6 is 0 Å². The van der Waals surface area contributed by atoms with Gasteiger partial charge in [0.25, 0.3) is 0 Å². The fourth-order valence-electron chi connectivity index (χ4n) is 2.58. The second kappa shape index (κ2) is 7.07. The van der Waals surface area contributed by atoms with E-state index in [9.17, 15) is 13.2 Å². The van der Waals surface area contributed by atoms with Crippen LogP contribution in [0.25, 0.3) is 6.08 Å². The van der Waals surface area contributed by atoms with E-state index in [1.165, 1.54) is 9.71 Å². The van der Waals surface area contributed by atoms with Gasteiger partial charge in [0.1, 0.15) is 0 Å². The van der Waals surface area contributed by atoms with E-state index in [4.69, 9.17) is 5.73 Å². The summed E-state index contributed by atoms with van der Waals surface area (Å²) in [7, 11) is -3.41. The number of aryl methyl sites for hydroxylation is 1. The minimum absolute atomic E-state index is 0.199. The van der Waals surface area contributed by atoms with Crippen molar-refractivity contribution in [2.75, 3.05) is 13.1 Å². The van der Waals surface area contributed by atoms with Gasteiger partial charge in [0, 0.05) is 24.9 Å². The van der Waals surface area contributed by atoms with Gasteiger partial charge in [-0.05, 0) is 37.3 Å². The quantitative estimate of drug-likeness (QED) is 0.899. The first-order valence-corrected chi connectivity index (χ1v) is 8.90. The Morgan fingerprint density at radius 2 is 1.86 bits per heavy atom. The summed E-state index contributed by atoms with van der Waals surface area (Å²) in [5, 5.41) is 1.26. The van der Waals surface area contributed by atoms with E-state index in [0.29, 0.717) is 32.4 Å². The van der Waals surface area contributed by atoms with Crippen molar-refractivity contribution >= 4 is 22.0 Å². The average Bonchev–Trinajstić information content (AvgIpc) is 2.47. The zero-order chi connectivity index (χ0) is 16.2. The third-order valence-corrected chi connectivity index (χ3v) is 5.50. The van der Waals surface area contributed by atoms with Gasteiger partial charge in [-0.2, -0.15) is 4.31 Å².